The molecule has 7 nitrogen and oxygen atoms in total. The van der Waals surface area contributed by atoms with Crippen LogP contribution in [-0.2, 0) is 19.1 Å². The smallest absolute Gasteiger partial charge is 0.306 e. The average Bonchev–Trinajstić information content (AvgIpc) is 2.80. The third kappa shape index (κ3) is 21.1. The monoisotopic (exact) mass is 476 g/mol. The molecule has 0 rings (SSSR count). The minimum atomic E-state index is -0.857. The molecule has 0 unspecified atom stereocenters. The second-order valence-electron chi connectivity index (χ2n) is 7.45. The van der Waals surface area contributed by atoms with Gasteiger partial charge in [0.1, 0.15) is 6.61 Å². The molecule has 0 spiro atoms. The molecule has 0 saturated heterocycles. The van der Waals surface area contributed by atoms with Crippen LogP contribution in [0.3, 0.4) is 0 Å². The van der Waals surface area contributed by atoms with Crippen LogP contribution in [-0.4, -0.2) is 58.8 Å². The lowest BCUT2D eigenvalue weighted by atomic mass is 10.2. The van der Waals surface area contributed by atoms with Gasteiger partial charge in [-0.1, -0.05) is 79.8 Å². The average molecular weight is 477 g/mol. The van der Waals surface area contributed by atoms with Crippen molar-refractivity contribution in [3.63, 3.8) is 0 Å². The number of aliphatic hydroxyl groups excluding tert-OH is 3. The normalized spacial score (nSPS) is 15.3. The maximum atomic E-state index is 11.7. The SMILES string of the molecule is CC/C=C\C[C@H](O)/C=C/C=C\C/C=C\C=C\[C@H](O)/C=C\CCCC(=O)O[C@@H](CO)COC(C)=O. The van der Waals surface area contributed by atoms with Crippen molar-refractivity contribution in [3.05, 3.63) is 72.9 Å². The molecule has 190 valence electrons. The molecule has 0 heterocycles. The van der Waals surface area contributed by atoms with Crippen LogP contribution in [0.15, 0.2) is 72.9 Å². The summed E-state index contributed by atoms with van der Waals surface area (Å²) in [5.74, 6) is -0.981. The molecule has 3 N–H and O–H groups in total. The van der Waals surface area contributed by atoms with Gasteiger partial charge in [0, 0.05) is 13.3 Å². The number of ether oxygens (including phenoxy) is 2. The molecule has 34 heavy (non-hydrogen) atoms. The third-order valence-corrected chi connectivity index (χ3v) is 4.25. The van der Waals surface area contributed by atoms with Crippen molar-refractivity contribution in [2.45, 2.75) is 70.7 Å². The first-order chi connectivity index (χ1) is 16.4. The van der Waals surface area contributed by atoms with Gasteiger partial charge in [-0.15, -0.1) is 0 Å². The van der Waals surface area contributed by atoms with Gasteiger partial charge >= 0.3 is 11.9 Å². The molecule has 0 aliphatic carbocycles. The van der Waals surface area contributed by atoms with Gasteiger partial charge in [-0.25, -0.2) is 0 Å². The van der Waals surface area contributed by atoms with E-state index in [4.69, 9.17) is 14.6 Å². The molecule has 0 aliphatic rings. The Morgan fingerprint density at radius 3 is 2.26 bits per heavy atom. The van der Waals surface area contributed by atoms with Gasteiger partial charge in [0.2, 0.25) is 0 Å². The Bertz CT molecular complexity index is 716. The van der Waals surface area contributed by atoms with Crippen LogP contribution >= 0.6 is 0 Å². The van der Waals surface area contributed by atoms with E-state index in [1.54, 1.807) is 30.4 Å². The second kappa shape index (κ2) is 22.1. The highest BCUT2D eigenvalue weighted by atomic mass is 16.6. The summed E-state index contributed by atoms with van der Waals surface area (Å²) in [6.07, 6.45) is 23.6. The first-order valence-corrected chi connectivity index (χ1v) is 11.7. The molecule has 0 aromatic rings. The summed E-state index contributed by atoms with van der Waals surface area (Å²) >= 11 is 0. The number of hydrogen-bond donors (Lipinski definition) is 3. The zero-order chi connectivity index (χ0) is 25.4. The lowest BCUT2D eigenvalue weighted by Gasteiger charge is -2.14. The molecule has 0 bridgehead atoms. The van der Waals surface area contributed by atoms with E-state index in [-0.39, 0.29) is 13.0 Å². The van der Waals surface area contributed by atoms with Gasteiger partial charge in [-0.2, -0.15) is 0 Å². The van der Waals surface area contributed by atoms with Crippen molar-refractivity contribution in [2.24, 2.45) is 0 Å². The van der Waals surface area contributed by atoms with E-state index < -0.39 is 36.9 Å². The van der Waals surface area contributed by atoms with Crippen LogP contribution in [0, 0.1) is 0 Å². The van der Waals surface area contributed by atoms with Crippen molar-refractivity contribution in [2.75, 3.05) is 13.2 Å². The zero-order valence-electron chi connectivity index (χ0n) is 20.3. The van der Waals surface area contributed by atoms with Crippen molar-refractivity contribution < 1.29 is 34.4 Å². The summed E-state index contributed by atoms with van der Waals surface area (Å²) in [5, 5.41) is 28.7. The molecule has 0 aliphatic heterocycles. The van der Waals surface area contributed by atoms with E-state index in [1.165, 1.54) is 6.92 Å². The van der Waals surface area contributed by atoms with Gasteiger partial charge in [0.15, 0.2) is 6.10 Å². The van der Waals surface area contributed by atoms with Crippen molar-refractivity contribution in [1.82, 2.24) is 0 Å². The fraction of sp³-hybridized carbons (Fsp3) is 0.481. The van der Waals surface area contributed by atoms with Crippen LogP contribution in [0.4, 0.5) is 0 Å². The molecule has 0 radical (unpaired) electrons. The van der Waals surface area contributed by atoms with Crippen LogP contribution in [0.5, 0.6) is 0 Å². The summed E-state index contributed by atoms with van der Waals surface area (Å²) in [4.78, 5) is 22.5. The quantitative estimate of drug-likeness (QED) is 0.119. The number of carbonyl (C=O) groups excluding carboxylic acids is 2. The van der Waals surface area contributed by atoms with E-state index >= 15 is 0 Å². The Hall–Kier alpha value is -2.74. The molecule has 3 atom stereocenters. The summed E-state index contributed by atoms with van der Waals surface area (Å²) in [7, 11) is 0. The Balaban J connectivity index is 3.99. The Morgan fingerprint density at radius 2 is 1.62 bits per heavy atom. The lowest BCUT2D eigenvalue weighted by Crippen LogP contribution is -2.28. The summed E-state index contributed by atoms with van der Waals surface area (Å²) in [6, 6.07) is 0. The maximum Gasteiger partial charge on any atom is 0.306 e. The summed E-state index contributed by atoms with van der Waals surface area (Å²) < 4.78 is 9.75. The van der Waals surface area contributed by atoms with Gasteiger partial charge in [-0.3, -0.25) is 9.59 Å². The summed E-state index contributed by atoms with van der Waals surface area (Å²) in [6.45, 7) is 2.71. The number of carbonyl (C=O) groups is 2. The van der Waals surface area contributed by atoms with Crippen LogP contribution < -0.4 is 0 Å². The van der Waals surface area contributed by atoms with Crippen molar-refractivity contribution in [3.8, 4) is 0 Å². The highest BCUT2D eigenvalue weighted by Crippen LogP contribution is 2.04. The van der Waals surface area contributed by atoms with E-state index in [9.17, 15) is 19.8 Å². The van der Waals surface area contributed by atoms with E-state index in [0.29, 0.717) is 19.3 Å². The first kappa shape index (κ1) is 31.3. The van der Waals surface area contributed by atoms with Crippen LogP contribution in [0.2, 0.25) is 0 Å². The Morgan fingerprint density at radius 1 is 0.912 bits per heavy atom. The predicted octanol–water partition coefficient (Wildman–Crippen LogP) is 3.87. The highest BCUT2D eigenvalue weighted by molar-refractivity contribution is 5.69. The standard InChI is InChI=1S/C27H40O7/c1-3-4-11-16-24(30)17-12-8-6-5-7-9-13-18-25(31)19-14-10-15-20-27(32)34-26(21-28)22-33-23(2)29/h4,6-9,11-14,17-19,24-26,28,30-31H,3,5,10,15-16,20-22H2,1-2H3/b8-6-,9-7-,11-4-,17-12+,18-13+,19-14-/t24-,25-,26-/m0/s1. The zero-order valence-corrected chi connectivity index (χ0v) is 20.3. The molecule has 0 aromatic carbocycles. The number of rotatable bonds is 18. The molecule has 0 fully saturated rings. The molecular weight excluding hydrogens is 436 g/mol. The molecule has 0 saturated carbocycles. The molecule has 0 aromatic heterocycles. The number of unbranched alkanes of at least 4 members (excludes halogenated alkanes) is 1. The first-order valence-electron chi connectivity index (χ1n) is 11.7. The van der Waals surface area contributed by atoms with Gasteiger partial charge < -0.3 is 24.8 Å². The minimum absolute atomic E-state index is 0.160. The Kier molecular flexibility index (Phi) is 20.3. The van der Waals surface area contributed by atoms with Gasteiger partial charge in [0.25, 0.3) is 0 Å². The van der Waals surface area contributed by atoms with Crippen LogP contribution in [0.1, 0.15) is 52.4 Å². The largest absolute Gasteiger partial charge is 0.462 e. The van der Waals surface area contributed by atoms with E-state index in [0.717, 1.165) is 12.8 Å². The summed E-state index contributed by atoms with van der Waals surface area (Å²) in [5.41, 5.74) is 0. The fourth-order valence-electron chi connectivity index (χ4n) is 2.49. The van der Waals surface area contributed by atoms with E-state index in [2.05, 4.69) is 6.92 Å². The number of aliphatic hydroxyl groups is 3. The topological polar surface area (TPSA) is 113 Å². The highest BCUT2D eigenvalue weighted by Gasteiger charge is 2.14. The van der Waals surface area contributed by atoms with Crippen molar-refractivity contribution >= 4 is 11.9 Å². The minimum Gasteiger partial charge on any atom is -0.462 e. The lowest BCUT2D eigenvalue weighted by molar-refractivity contribution is -0.160. The Labute approximate surface area is 203 Å². The number of allylic oxidation sites excluding steroid dienone is 8. The molecule has 0 amide bonds. The molecular formula is C27H40O7. The van der Waals surface area contributed by atoms with Gasteiger partial charge in [0.05, 0.1) is 18.8 Å². The third-order valence-electron chi connectivity index (χ3n) is 4.25. The van der Waals surface area contributed by atoms with Gasteiger partial charge in [-0.05, 0) is 32.1 Å². The van der Waals surface area contributed by atoms with E-state index in [1.807, 2.05) is 42.5 Å². The fourth-order valence-corrected chi connectivity index (χ4v) is 2.49. The predicted molar refractivity (Wildman–Crippen MR) is 134 cm³/mol. The maximum absolute atomic E-state index is 11.7. The van der Waals surface area contributed by atoms with Crippen molar-refractivity contribution in [1.29, 1.82) is 0 Å². The molecule has 7 heteroatoms. The second-order valence-corrected chi connectivity index (χ2v) is 7.45. The number of esters is 2. The van der Waals surface area contributed by atoms with Crippen LogP contribution in [0.25, 0.3) is 0 Å². The number of hydrogen-bond acceptors (Lipinski definition) is 7.